The van der Waals surface area contributed by atoms with Crippen LogP contribution >= 0.6 is 11.8 Å². The van der Waals surface area contributed by atoms with Crippen LogP contribution < -0.4 is 0 Å². The normalized spacial score (nSPS) is 15.0. The zero-order valence-electron chi connectivity index (χ0n) is 23.8. The van der Waals surface area contributed by atoms with E-state index in [1.165, 1.54) is 31.0 Å². The minimum Gasteiger partial charge on any atom is -0.465 e. The Hall–Kier alpha value is -5.42. The molecule has 0 saturated carbocycles. The number of furan rings is 1. The van der Waals surface area contributed by atoms with E-state index in [9.17, 15) is 19.7 Å². The lowest BCUT2D eigenvalue weighted by molar-refractivity contribution is -0.384. The highest BCUT2D eigenvalue weighted by Gasteiger charge is 2.34. The highest BCUT2D eigenvalue weighted by Crippen LogP contribution is 2.36. The third kappa shape index (κ3) is 5.64. The quantitative estimate of drug-likeness (QED) is 0.0850. The van der Waals surface area contributed by atoms with E-state index in [1.807, 2.05) is 43.5 Å². The molecule has 0 spiro atoms. The first-order valence-electron chi connectivity index (χ1n) is 13.7. The summed E-state index contributed by atoms with van der Waals surface area (Å²) >= 11 is 1.21. The van der Waals surface area contributed by atoms with Crippen LogP contribution in [0.25, 0.3) is 28.3 Å². The van der Waals surface area contributed by atoms with Gasteiger partial charge in [0.15, 0.2) is 5.17 Å². The molecular weight excluding hydrogens is 580 g/mol. The van der Waals surface area contributed by atoms with Gasteiger partial charge in [-0.15, -0.1) is 0 Å². The Kier molecular flexibility index (Phi) is 7.86. The highest BCUT2D eigenvalue weighted by atomic mass is 32.2. The molecule has 0 aliphatic carbocycles. The van der Waals surface area contributed by atoms with Crippen LogP contribution in [0.4, 0.5) is 11.4 Å². The van der Waals surface area contributed by atoms with Crippen LogP contribution in [0.15, 0.2) is 99.4 Å². The number of carbonyl (C=O) groups excluding carboxylic acids is 2. The number of esters is 1. The van der Waals surface area contributed by atoms with Crippen molar-refractivity contribution in [2.75, 3.05) is 13.7 Å². The number of fused-ring (bicyclic) bond motifs is 1. The lowest BCUT2D eigenvalue weighted by atomic mass is 10.0. The maximum Gasteiger partial charge on any atom is 0.338 e. The number of nitrogens with one attached hydrogen (secondary N) is 1. The maximum absolute atomic E-state index is 13.7. The van der Waals surface area contributed by atoms with Gasteiger partial charge in [-0.05, 0) is 72.6 Å². The number of hydrogen-bond acceptors (Lipinski definition) is 8. The number of benzene rings is 3. The van der Waals surface area contributed by atoms with E-state index in [0.29, 0.717) is 45.8 Å². The molecule has 0 unspecified atom stereocenters. The van der Waals surface area contributed by atoms with E-state index in [-0.39, 0.29) is 11.6 Å². The molecule has 1 fully saturated rings. The standard InChI is InChI=1S/C33H26N4O6S/c1-20-25(7-5-8-26(20)32(39)42-2)29-15-14-24(43-29)18-30-31(38)36(17-16-21-19-34-28-9-4-3-6-27(21)28)33(44-30)35-22-10-12-23(13-11-22)37(40)41/h3-15,18-19,34H,16-17H2,1-2H3/b30-18-,35-33?. The smallest absolute Gasteiger partial charge is 0.338 e. The number of nitro benzene ring substituents is 1. The predicted octanol–water partition coefficient (Wildman–Crippen LogP) is 7.28. The minimum absolute atomic E-state index is 0.0399. The van der Waals surface area contributed by atoms with Crippen molar-refractivity contribution in [1.29, 1.82) is 0 Å². The van der Waals surface area contributed by atoms with Gasteiger partial charge in [0.25, 0.3) is 11.6 Å². The molecule has 1 amide bonds. The number of aromatic nitrogens is 1. The van der Waals surface area contributed by atoms with Gasteiger partial charge in [0, 0.05) is 47.4 Å². The van der Waals surface area contributed by atoms with Gasteiger partial charge in [-0.2, -0.15) is 0 Å². The summed E-state index contributed by atoms with van der Waals surface area (Å²) in [5.74, 6) is 0.356. The van der Waals surface area contributed by atoms with Crippen LogP contribution in [0.2, 0.25) is 0 Å². The van der Waals surface area contributed by atoms with Crippen molar-refractivity contribution >= 4 is 57.2 Å². The molecule has 1 saturated heterocycles. The van der Waals surface area contributed by atoms with Crippen LogP contribution in [-0.4, -0.2) is 45.5 Å². The first kappa shape index (κ1) is 28.7. The van der Waals surface area contributed by atoms with Crippen molar-refractivity contribution in [3.05, 3.63) is 123 Å². The van der Waals surface area contributed by atoms with Crippen LogP contribution in [0, 0.1) is 17.0 Å². The third-order valence-electron chi connectivity index (χ3n) is 7.36. The fourth-order valence-corrected chi connectivity index (χ4v) is 6.06. The molecule has 1 aliphatic heterocycles. The molecular formula is C33H26N4O6S. The first-order chi connectivity index (χ1) is 21.3. The summed E-state index contributed by atoms with van der Waals surface area (Å²) in [6.07, 6.45) is 4.21. The largest absolute Gasteiger partial charge is 0.465 e. The van der Waals surface area contributed by atoms with E-state index in [1.54, 1.807) is 47.4 Å². The van der Waals surface area contributed by atoms with Gasteiger partial charge < -0.3 is 14.1 Å². The number of aromatic amines is 1. The fraction of sp³-hybridized carbons (Fsp3) is 0.121. The minimum atomic E-state index is -0.468. The van der Waals surface area contributed by atoms with E-state index in [2.05, 4.69) is 9.98 Å². The molecule has 2 aromatic heterocycles. The second kappa shape index (κ2) is 12.1. The van der Waals surface area contributed by atoms with Crippen molar-refractivity contribution in [2.45, 2.75) is 13.3 Å². The summed E-state index contributed by atoms with van der Waals surface area (Å²) in [5, 5.41) is 12.7. The number of aliphatic imine (C=N–C) groups is 1. The highest BCUT2D eigenvalue weighted by molar-refractivity contribution is 8.18. The molecule has 6 rings (SSSR count). The molecule has 1 N–H and O–H groups in total. The third-order valence-corrected chi connectivity index (χ3v) is 8.36. The Morgan fingerprint density at radius 1 is 1.09 bits per heavy atom. The van der Waals surface area contributed by atoms with Crippen molar-refractivity contribution in [2.24, 2.45) is 4.99 Å². The second-order valence-electron chi connectivity index (χ2n) is 10.0. The van der Waals surface area contributed by atoms with Crippen LogP contribution in [0.5, 0.6) is 0 Å². The van der Waals surface area contributed by atoms with Crippen LogP contribution in [0.1, 0.15) is 27.2 Å². The number of carbonyl (C=O) groups is 2. The van der Waals surface area contributed by atoms with Crippen molar-refractivity contribution < 1.29 is 23.7 Å². The average Bonchev–Trinajstić information content (AvgIpc) is 3.74. The van der Waals surface area contributed by atoms with Gasteiger partial charge in [-0.3, -0.25) is 19.8 Å². The Labute approximate surface area is 256 Å². The zero-order valence-corrected chi connectivity index (χ0v) is 24.6. The molecule has 0 bridgehead atoms. The van der Waals surface area contributed by atoms with E-state index in [4.69, 9.17) is 9.15 Å². The molecule has 0 radical (unpaired) electrons. The number of nitro groups is 1. The summed E-state index contributed by atoms with van der Waals surface area (Å²) in [7, 11) is 1.34. The van der Waals surface area contributed by atoms with Crippen molar-refractivity contribution in [1.82, 2.24) is 9.88 Å². The average molecular weight is 607 g/mol. The SMILES string of the molecule is COC(=O)c1cccc(-c2ccc(/C=C3\SC(=Nc4ccc([N+](=O)[O-])cc4)N(CCc4c[nH]c5ccccc45)C3=O)o2)c1C. The number of methoxy groups -OCH3 is 1. The fourth-order valence-electron chi connectivity index (χ4n) is 5.06. The molecule has 5 aromatic rings. The second-order valence-corrected chi connectivity index (χ2v) is 11.0. The predicted molar refractivity (Wildman–Crippen MR) is 170 cm³/mol. The van der Waals surface area contributed by atoms with Gasteiger partial charge in [-0.25, -0.2) is 9.79 Å². The number of hydrogen-bond donors (Lipinski definition) is 1. The topological polar surface area (TPSA) is 131 Å². The Morgan fingerprint density at radius 3 is 2.66 bits per heavy atom. The maximum atomic E-state index is 13.7. The van der Waals surface area contributed by atoms with Gasteiger partial charge in [-0.1, -0.05) is 30.3 Å². The van der Waals surface area contributed by atoms with Gasteiger partial charge in [0.05, 0.1) is 28.2 Å². The number of H-pyrrole nitrogens is 1. The Balaban J connectivity index is 1.30. The lowest BCUT2D eigenvalue weighted by Crippen LogP contribution is -2.31. The summed E-state index contributed by atoms with van der Waals surface area (Å²) in [4.78, 5) is 46.5. The monoisotopic (exact) mass is 606 g/mol. The number of amides is 1. The number of amidine groups is 1. The summed E-state index contributed by atoms with van der Waals surface area (Å²) < 4.78 is 11.0. The number of nitrogens with zero attached hydrogens (tertiary/aromatic N) is 3. The molecule has 3 heterocycles. The van der Waals surface area contributed by atoms with Crippen LogP contribution in [-0.2, 0) is 16.0 Å². The van der Waals surface area contributed by atoms with Crippen molar-refractivity contribution in [3.8, 4) is 11.3 Å². The van der Waals surface area contributed by atoms with E-state index >= 15 is 0 Å². The molecule has 10 nitrogen and oxygen atoms in total. The molecule has 0 atom stereocenters. The summed E-state index contributed by atoms with van der Waals surface area (Å²) in [6, 6.07) is 22.7. The van der Waals surface area contributed by atoms with Gasteiger partial charge in [0.2, 0.25) is 0 Å². The molecule has 220 valence electrons. The zero-order chi connectivity index (χ0) is 30.8. The Bertz CT molecular complexity index is 1970. The first-order valence-corrected chi connectivity index (χ1v) is 14.5. The van der Waals surface area contributed by atoms with E-state index < -0.39 is 10.9 Å². The van der Waals surface area contributed by atoms with Crippen LogP contribution in [0.3, 0.4) is 0 Å². The Morgan fingerprint density at radius 2 is 1.89 bits per heavy atom. The molecule has 3 aromatic carbocycles. The number of rotatable bonds is 8. The summed E-state index contributed by atoms with van der Waals surface area (Å²) in [5.41, 5.74) is 4.45. The number of non-ortho nitro benzene ring substituents is 1. The number of thioether (sulfide) groups is 1. The number of ether oxygens (including phenoxy) is 1. The van der Waals surface area contributed by atoms with E-state index in [0.717, 1.165) is 27.6 Å². The number of para-hydroxylation sites is 1. The van der Waals surface area contributed by atoms with Gasteiger partial charge >= 0.3 is 5.97 Å². The molecule has 11 heteroatoms. The molecule has 1 aliphatic rings. The lowest BCUT2D eigenvalue weighted by Gasteiger charge is -2.15. The summed E-state index contributed by atoms with van der Waals surface area (Å²) in [6.45, 7) is 2.20. The molecule has 44 heavy (non-hydrogen) atoms. The van der Waals surface area contributed by atoms with Crippen molar-refractivity contribution in [3.63, 3.8) is 0 Å². The van der Waals surface area contributed by atoms with Gasteiger partial charge in [0.1, 0.15) is 11.5 Å².